The minimum Gasteiger partial charge on any atom is -0.313 e. The molecule has 1 fully saturated rings. The van der Waals surface area contributed by atoms with E-state index in [2.05, 4.69) is 19.9 Å². The second kappa shape index (κ2) is 2.25. The van der Waals surface area contributed by atoms with E-state index in [0.717, 1.165) is 12.8 Å². The van der Waals surface area contributed by atoms with Crippen molar-refractivity contribution in [1.29, 1.82) is 5.26 Å². The van der Waals surface area contributed by atoms with E-state index >= 15 is 0 Å². The normalized spacial score (nSPS) is 47.0. The molecule has 0 radical (unpaired) electrons. The Morgan fingerprint density at radius 1 is 1.40 bits per heavy atom. The minimum absolute atomic E-state index is 0.515. The first-order valence-corrected chi connectivity index (χ1v) is 3.77. The number of hydrogen-bond acceptors (Lipinski definition) is 2. The van der Waals surface area contributed by atoms with Gasteiger partial charge in [0.25, 0.3) is 0 Å². The van der Waals surface area contributed by atoms with Gasteiger partial charge in [-0.15, -0.1) is 0 Å². The van der Waals surface area contributed by atoms with E-state index in [1.54, 1.807) is 0 Å². The summed E-state index contributed by atoms with van der Waals surface area (Å²) in [7, 11) is 0. The van der Waals surface area contributed by atoms with Crippen molar-refractivity contribution in [3.05, 3.63) is 0 Å². The molecule has 56 valence electrons. The summed E-state index contributed by atoms with van der Waals surface area (Å²) in [6, 6.07) is 2.18. The first-order chi connectivity index (χ1) is 4.57. The first kappa shape index (κ1) is 7.56. The molecule has 0 amide bonds. The van der Waals surface area contributed by atoms with Crippen LogP contribution in [0.5, 0.6) is 0 Å². The molecule has 0 aromatic heterocycles. The molecule has 0 heterocycles. The monoisotopic (exact) mass is 138 g/mol. The van der Waals surface area contributed by atoms with E-state index in [9.17, 15) is 0 Å². The van der Waals surface area contributed by atoms with Gasteiger partial charge < -0.3 is 5.73 Å². The molecule has 0 aliphatic heterocycles. The highest BCUT2D eigenvalue weighted by Gasteiger charge is 2.38. The molecular weight excluding hydrogens is 124 g/mol. The second-order valence-electron chi connectivity index (χ2n) is 3.63. The van der Waals surface area contributed by atoms with Crippen LogP contribution in [0.25, 0.3) is 0 Å². The zero-order valence-corrected chi connectivity index (χ0v) is 6.59. The van der Waals surface area contributed by atoms with E-state index in [0.29, 0.717) is 11.8 Å². The number of rotatable bonds is 0. The van der Waals surface area contributed by atoms with Crippen molar-refractivity contribution in [2.75, 3.05) is 0 Å². The van der Waals surface area contributed by atoms with E-state index in [1.165, 1.54) is 0 Å². The first-order valence-electron chi connectivity index (χ1n) is 3.77. The van der Waals surface area contributed by atoms with Gasteiger partial charge in [-0.1, -0.05) is 13.8 Å². The molecule has 1 aliphatic rings. The van der Waals surface area contributed by atoms with E-state index in [4.69, 9.17) is 11.0 Å². The zero-order chi connectivity index (χ0) is 7.78. The van der Waals surface area contributed by atoms with Crippen LogP contribution < -0.4 is 5.73 Å². The fourth-order valence-corrected chi connectivity index (χ4v) is 1.73. The van der Waals surface area contributed by atoms with Gasteiger partial charge >= 0.3 is 0 Å². The maximum atomic E-state index is 8.69. The summed E-state index contributed by atoms with van der Waals surface area (Å²) < 4.78 is 0. The average Bonchev–Trinajstić information content (AvgIpc) is 2.10. The summed E-state index contributed by atoms with van der Waals surface area (Å²) in [6.07, 6.45) is 1.73. The summed E-state index contributed by atoms with van der Waals surface area (Å²) in [6.45, 7) is 4.33. The van der Waals surface area contributed by atoms with Gasteiger partial charge in [-0.25, -0.2) is 0 Å². The largest absolute Gasteiger partial charge is 0.313 e. The number of nitrogens with two attached hydrogens (primary N) is 1. The number of nitriles is 1. The van der Waals surface area contributed by atoms with Crippen molar-refractivity contribution < 1.29 is 0 Å². The van der Waals surface area contributed by atoms with Gasteiger partial charge in [0.1, 0.15) is 5.54 Å². The van der Waals surface area contributed by atoms with Crippen molar-refractivity contribution in [1.82, 2.24) is 0 Å². The third kappa shape index (κ3) is 1.15. The third-order valence-electron chi connectivity index (χ3n) is 2.57. The Morgan fingerprint density at radius 3 is 2.00 bits per heavy atom. The van der Waals surface area contributed by atoms with E-state index in [-0.39, 0.29) is 0 Å². The Hall–Kier alpha value is -0.550. The smallest absolute Gasteiger partial charge is 0.104 e. The van der Waals surface area contributed by atoms with Gasteiger partial charge in [0, 0.05) is 0 Å². The van der Waals surface area contributed by atoms with Crippen molar-refractivity contribution in [3.8, 4) is 6.07 Å². The van der Waals surface area contributed by atoms with Gasteiger partial charge in [0.05, 0.1) is 6.07 Å². The predicted molar refractivity (Wildman–Crippen MR) is 40.1 cm³/mol. The average molecular weight is 138 g/mol. The van der Waals surface area contributed by atoms with Crippen LogP contribution >= 0.6 is 0 Å². The minimum atomic E-state index is -0.515. The van der Waals surface area contributed by atoms with Crippen LogP contribution in [-0.4, -0.2) is 5.54 Å². The SMILES string of the molecule is CC1CC(N)(C#N)CC1C. The van der Waals surface area contributed by atoms with Crippen molar-refractivity contribution in [3.63, 3.8) is 0 Å². The molecule has 2 atom stereocenters. The topological polar surface area (TPSA) is 49.8 Å². The van der Waals surface area contributed by atoms with E-state index in [1.807, 2.05) is 0 Å². The highest BCUT2D eigenvalue weighted by Crippen LogP contribution is 2.36. The standard InChI is InChI=1S/C8H14N2/c1-6-3-8(10,5-9)4-7(6)2/h6-7H,3-4,10H2,1-2H3. The Balaban J connectivity index is 2.66. The van der Waals surface area contributed by atoms with Crippen LogP contribution in [0.15, 0.2) is 0 Å². The lowest BCUT2D eigenvalue weighted by Gasteiger charge is -2.11. The van der Waals surface area contributed by atoms with Crippen molar-refractivity contribution >= 4 is 0 Å². The third-order valence-corrected chi connectivity index (χ3v) is 2.57. The van der Waals surface area contributed by atoms with Crippen molar-refractivity contribution in [2.45, 2.75) is 32.2 Å². The van der Waals surface area contributed by atoms with Crippen molar-refractivity contribution in [2.24, 2.45) is 17.6 Å². The summed E-state index contributed by atoms with van der Waals surface area (Å²) in [5.41, 5.74) is 5.26. The fraction of sp³-hybridized carbons (Fsp3) is 0.875. The van der Waals surface area contributed by atoms with E-state index < -0.39 is 5.54 Å². The lowest BCUT2D eigenvalue weighted by molar-refractivity contribution is 0.457. The number of nitrogens with zero attached hydrogens (tertiary/aromatic N) is 1. The molecule has 2 N–H and O–H groups in total. The van der Waals surface area contributed by atoms with Crippen LogP contribution in [-0.2, 0) is 0 Å². The Labute approximate surface area is 62.0 Å². The lowest BCUT2D eigenvalue weighted by Crippen LogP contribution is -2.34. The highest BCUT2D eigenvalue weighted by atomic mass is 14.8. The van der Waals surface area contributed by atoms with Crippen LogP contribution in [0.3, 0.4) is 0 Å². The molecular formula is C8H14N2. The Morgan fingerprint density at radius 2 is 1.80 bits per heavy atom. The predicted octanol–water partition coefficient (Wildman–Crippen LogP) is 1.27. The van der Waals surface area contributed by atoms with Gasteiger partial charge in [-0.3, -0.25) is 0 Å². The van der Waals surface area contributed by atoms with Crippen LogP contribution in [0.2, 0.25) is 0 Å². The van der Waals surface area contributed by atoms with Crippen LogP contribution in [0.4, 0.5) is 0 Å². The molecule has 0 aromatic rings. The molecule has 2 nitrogen and oxygen atoms in total. The lowest BCUT2D eigenvalue weighted by atomic mass is 10.0. The summed E-state index contributed by atoms with van der Waals surface area (Å²) >= 11 is 0. The quantitative estimate of drug-likeness (QED) is 0.548. The molecule has 0 saturated heterocycles. The fourth-order valence-electron chi connectivity index (χ4n) is 1.73. The van der Waals surface area contributed by atoms with Gasteiger partial charge in [0.2, 0.25) is 0 Å². The molecule has 10 heavy (non-hydrogen) atoms. The van der Waals surface area contributed by atoms with Crippen LogP contribution in [0.1, 0.15) is 26.7 Å². The Kier molecular flexibility index (Phi) is 1.70. The highest BCUT2D eigenvalue weighted by molar-refractivity contribution is 5.10. The molecule has 1 aliphatic carbocycles. The molecule has 0 bridgehead atoms. The zero-order valence-electron chi connectivity index (χ0n) is 6.59. The molecule has 1 saturated carbocycles. The van der Waals surface area contributed by atoms with Crippen LogP contribution in [0, 0.1) is 23.2 Å². The number of hydrogen-bond donors (Lipinski definition) is 1. The summed E-state index contributed by atoms with van der Waals surface area (Å²) in [5.74, 6) is 1.23. The molecule has 1 rings (SSSR count). The molecule has 0 spiro atoms. The molecule has 2 unspecified atom stereocenters. The summed E-state index contributed by atoms with van der Waals surface area (Å²) in [5, 5.41) is 8.69. The second-order valence-corrected chi connectivity index (χ2v) is 3.63. The maximum absolute atomic E-state index is 8.69. The van der Waals surface area contributed by atoms with Gasteiger partial charge in [0.15, 0.2) is 0 Å². The maximum Gasteiger partial charge on any atom is 0.104 e. The molecule has 2 heteroatoms. The molecule has 0 aromatic carbocycles. The Bertz CT molecular complexity index is 159. The van der Waals surface area contributed by atoms with Gasteiger partial charge in [-0.05, 0) is 24.7 Å². The summed E-state index contributed by atoms with van der Waals surface area (Å²) in [4.78, 5) is 0. The van der Waals surface area contributed by atoms with Gasteiger partial charge in [-0.2, -0.15) is 5.26 Å².